The number of rotatable bonds is 0. The summed E-state index contributed by atoms with van der Waals surface area (Å²) < 4.78 is 4.90. The van der Waals surface area contributed by atoms with Crippen LogP contribution >= 0.6 is 0 Å². The zero-order valence-electron chi connectivity index (χ0n) is 6.19. The van der Waals surface area contributed by atoms with Crippen molar-refractivity contribution < 1.29 is 14.5 Å². The van der Waals surface area contributed by atoms with Gasteiger partial charge in [0.15, 0.2) is 0 Å². The molecule has 2 rings (SSSR count). The number of ether oxygens (including phenoxy) is 1. The molecule has 4 nitrogen and oxygen atoms in total. The first-order valence-electron chi connectivity index (χ1n) is 3.54. The Balaban J connectivity index is 2.23. The molecule has 1 heterocycles. The lowest BCUT2D eigenvalue weighted by Crippen LogP contribution is -2.19. The van der Waals surface area contributed by atoms with Crippen LogP contribution in [0.15, 0.2) is 12.2 Å². The Bertz CT molecular complexity index is 234. The van der Waals surface area contributed by atoms with Gasteiger partial charge in [0, 0.05) is 0 Å². The number of methoxy groups -OCH3 is 1. The van der Waals surface area contributed by atoms with E-state index >= 15 is 0 Å². The summed E-state index contributed by atoms with van der Waals surface area (Å²) in [6.45, 7) is 0. The fourth-order valence-electron chi connectivity index (χ4n) is 1.50. The second-order valence-corrected chi connectivity index (χ2v) is 2.64. The zero-order chi connectivity index (χ0) is 7.84. The molecule has 0 bridgehead atoms. The lowest BCUT2D eigenvalue weighted by molar-refractivity contribution is -0.741. The van der Waals surface area contributed by atoms with E-state index in [4.69, 9.17) is 9.57 Å². The molecule has 1 aliphatic carbocycles. The number of allylic oxidation sites excluding steroid dienone is 1. The van der Waals surface area contributed by atoms with E-state index in [1.54, 1.807) is 0 Å². The highest BCUT2D eigenvalue weighted by molar-refractivity contribution is 5.76. The van der Waals surface area contributed by atoms with Crippen LogP contribution in [0.2, 0.25) is 0 Å². The van der Waals surface area contributed by atoms with E-state index in [-0.39, 0.29) is 12.0 Å². The standard InChI is InChI=1S/C7H9NO3/c1-10-7-5-3-2-4-6(5)11-8(7)9/h2,4-6H,3H2,1H3/t5-,6+/m1/s1. The van der Waals surface area contributed by atoms with Crippen LogP contribution in [-0.4, -0.2) is 24.0 Å². The van der Waals surface area contributed by atoms with Crippen LogP contribution in [0.5, 0.6) is 0 Å². The lowest BCUT2D eigenvalue weighted by Gasteiger charge is -2.04. The third-order valence-corrected chi connectivity index (χ3v) is 2.04. The van der Waals surface area contributed by atoms with Gasteiger partial charge in [-0.25, -0.2) is 0 Å². The second kappa shape index (κ2) is 2.15. The van der Waals surface area contributed by atoms with Gasteiger partial charge in [-0.3, -0.25) is 5.21 Å². The van der Waals surface area contributed by atoms with Crippen LogP contribution in [0.3, 0.4) is 0 Å². The highest BCUT2D eigenvalue weighted by Gasteiger charge is 2.41. The third kappa shape index (κ3) is 0.785. The Hall–Kier alpha value is -1.19. The smallest absolute Gasteiger partial charge is 0.405 e. The SMILES string of the molecule is COC1=[N+]([O-])O[C@H]2C=CC[C@@H]12. The monoisotopic (exact) mass is 155 g/mol. The van der Waals surface area contributed by atoms with Crippen molar-refractivity contribution in [2.45, 2.75) is 12.5 Å². The molecular weight excluding hydrogens is 146 g/mol. The Kier molecular flexibility index (Phi) is 1.27. The summed E-state index contributed by atoms with van der Waals surface area (Å²) in [5.41, 5.74) is 0. The van der Waals surface area contributed by atoms with Gasteiger partial charge in [-0.15, -0.1) is 0 Å². The molecule has 1 aliphatic heterocycles. The van der Waals surface area contributed by atoms with E-state index in [1.165, 1.54) is 7.11 Å². The van der Waals surface area contributed by atoms with Crippen molar-refractivity contribution in [2.75, 3.05) is 7.11 Å². The molecular formula is C7H9NO3. The summed E-state index contributed by atoms with van der Waals surface area (Å²) in [7, 11) is 1.49. The highest BCUT2D eigenvalue weighted by Crippen LogP contribution is 2.28. The topological polar surface area (TPSA) is 44.5 Å². The van der Waals surface area contributed by atoms with Gasteiger partial charge in [-0.2, -0.15) is 0 Å². The van der Waals surface area contributed by atoms with Crippen molar-refractivity contribution in [3.63, 3.8) is 0 Å². The number of nitrogens with zero attached hydrogens (tertiary/aromatic N) is 1. The van der Waals surface area contributed by atoms with Gasteiger partial charge < -0.3 is 9.57 Å². The molecule has 11 heavy (non-hydrogen) atoms. The molecule has 0 unspecified atom stereocenters. The summed E-state index contributed by atoms with van der Waals surface area (Å²) >= 11 is 0. The summed E-state index contributed by atoms with van der Waals surface area (Å²) in [5, 5.41) is 10.9. The summed E-state index contributed by atoms with van der Waals surface area (Å²) in [6.07, 6.45) is 4.64. The first-order chi connectivity index (χ1) is 5.33. The van der Waals surface area contributed by atoms with E-state index in [0.717, 1.165) is 6.42 Å². The molecule has 0 aromatic rings. The molecule has 0 spiro atoms. The average Bonchev–Trinajstić information content (AvgIpc) is 2.46. The molecule has 2 aliphatic rings. The molecule has 4 heteroatoms. The molecule has 2 atom stereocenters. The van der Waals surface area contributed by atoms with Crippen molar-refractivity contribution >= 4 is 5.90 Å². The molecule has 0 radical (unpaired) electrons. The first-order valence-corrected chi connectivity index (χ1v) is 3.54. The van der Waals surface area contributed by atoms with Gasteiger partial charge in [0.25, 0.3) is 0 Å². The maximum Gasteiger partial charge on any atom is 0.405 e. The molecule has 0 saturated carbocycles. The van der Waals surface area contributed by atoms with Crippen LogP contribution in [0.4, 0.5) is 0 Å². The summed E-state index contributed by atoms with van der Waals surface area (Å²) in [6, 6.07) is 0. The quantitative estimate of drug-likeness (QED) is 0.376. The Labute approximate surface area is 64.3 Å². The van der Waals surface area contributed by atoms with Gasteiger partial charge in [-0.05, 0) is 6.42 Å². The van der Waals surface area contributed by atoms with Crippen molar-refractivity contribution in [2.24, 2.45) is 5.92 Å². The molecule has 0 amide bonds. The molecule has 0 saturated heterocycles. The van der Waals surface area contributed by atoms with Crippen LogP contribution in [0.25, 0.3) is 0 Å². The van der Waals surface area contributed by atoms with E-state index < -0.39 is 0 Å². The van der Waals surface area contributed by atoms with Gasteiger partial charge >= 0.3 is 5.90 Å². The van der Waals surface area contributed by atoms with Gasteiger partial charge in [0.2, 0.25) is 0 Å². The molecule has 0 aromatic carbocycles. The minimum absolute atomic E-state index is 0.0950. The van der Waals surface area contributed by atoms with Crippen LogP contribution in [0, 0.1) is 11.1 Å². The van der Waals surface area contributed by atoms with Crippen molar-refractivity contribution in [3.05, 3.63) is 17.4 Å². The lowest BCUT2D eigenvalue weighted by atomic mass is 10.1. The zero-order valence-corrected chi connectivity index (χ0v) is 6.19. The fraction of sp³-hybridized carbons (Fsp3) is 0.571. The molecule has 0 fully saturated rings. The Morgan fingerprint density at radius 2 is 2.64 bits per heavy atom. The molecule has 0 N–H and O–H groups in total. The van der Waals surface area contributed by atoms with Crippen LogP contribution < -0.4 is 0 Å². The maximum absolute atomic E-state index is 10.9. The first kappa shape index (κ1) is 6.52. The van der Waals surface area contributed by atoms with Gasteiger partial charge in [0.05, 0.1) is 12.0 Å². The van der Waals surface area contributed by atoms with Crippen molar-refractivity contribution in [1.82, 2.24) is 0 Å². The average molecular weight is 155 g/mol. The van der Waals surface area contributed by atoms with Crippen molar-refractivity contribution in [3.8, 4) is 0 Å². The minimum atomic E-state index is -0.0950. The van der Waals surface area contributed by atoms with E-state index in [2.05, 4.69) is 0 Å². The van der Waals surface area contributed by atoms with Crippen LogP contribution in [0.1, 0.15) is 6.42 Å². The number of hydrogen-bond donors (Lipinski definition) is 0. The maximum atomic E-state index is 10.9. The van der Waals surface area contributed by atoms with E-state index in [1.807, 2.05) is 12.2 Å². The third-order valence-electron chi connectivity index (χ3n) is 2.04. The van der Waals surface area contributed by atoms with Crippen LogP contribution in [-0.2, 0) is 9.57 Å². The predicted molar refractivity (Wildman–Crippen MR) is 37.8 cm³/mol. The number of hydrogen-bond acceptors (Lipinski definition) is 3. The fourth-order valence-corrected chi connectivity index (χ4v) is 1.50. The molecule has 60 valence electrons. The summed E-state index contributed by atoms with van der Waals surface area (Å²) in [5.74, 6) is 0.498. The van der Waals surface area contributed by atoms with Gasteiger partial charge in [0.1, 0.15) is 12.0 Å². The van der Waals surface area contributed by atoms with E-state index in [9.17, 15) is 5.21 Å². The van der Waals surface area contributed by atoms with E-state index in [0.29, 0.717) is 10.8 Å². The van der Waals surface area contributed by atoms with Crippen molar-refractivity contribution in [1.29, 1.82) is 0 Å². The Morgan fingerprint density at radius 3 is 3.36 bits per heavy atom. The minimum Gasteiger partial charge on any atom is -0.447 e. The predicted octanol–water partition coefficient (Wildman–Crippen LogP) is 0.431. The largest absolute Gasteiger partial charge is 0.447 e. The molecule has 0 aromatic heterocycles. The highest BCUT2D eigenvalue weighted by atomic mass is 16.9. The normalized spacial score (nSPS) is 33.9. The second-order valence-electron chi connectivity index (χ2n) is 2.64. The summed E-state index contributed by atoms with van der Waals surface area (Å²) in [4.78, 5) is 5.39. The van der Waals surface area contributed by atoms with Gasteiger partial charge in [-0.1, -0.05) is 12.2 Å². The number of fused-ring (bicyclic) bond motifs is 1. The Morgan fingerprint density at radius 1 is 1.82 bits per heavy atom.